The lowest BCUT2D eigenvalue weighted by Crippen LogP contribution is -2.55. The third-order valence-corrected chi connectivity index (χ3v) is 4.64. The second-order valence-corrected chi connectivity index (χ2v) is 6.04. The number of aromatic nitrogens is 1. The minimum Gasteiger partial charge on any atom is -0.481 e. The maximum atomic E-state index is 13.9. The molecular formula is C15H13FN2O4. The number of hydrogen-bond acceptors (Lipinski definition) is 3. The number of halogens is 1. The molecule has 2 bridgehead atoms. The summed E-state index contributed by atoms with van der Waals surface area (Å²) in [5.74, 6) is -1.80. The predicted molar refractivity (Wildman–Crippen MR) is 74.9 cm³/mol. The first kappa shape index (κ1) is 13.3. The van der Waals surface area contributed by atoms with Gasteiger partial charge in [-0.25, -0.2) is 4.39 Å². The SMILES string of the molecule is O=C(O)C12COC(C(=O)Nc3c[nH]c4cccc(F)c34)(C1)C2. The van der Waals surface area contributed by atoms with Crippen LogP contribution in [0.3, 0.4) is 0 Å². The quantitative estimate of drug-likeness (QED) is 0.807. The summed E-state index contributed by atoms with van der Waals surface area (Å²) in [6.45, 7) is 0.0397. The number of carboxylic acid groups (broad SMARTS) is 1. The van der Waals surface area contributed by atoms with Crippen molar-refractivity contribution in [1.29, 1.82) is 0 Å². The van der Waals surface area contributed by atoms with E-state index in [0.717, 1.165) is 0 Å². The van der Waals surface area contributed by atoms with Crippen LogP contribution in [-0.2, 0) is 14.3 Å². The van der Waals surface area contributed by atoms with Gasteiger partial charge in [-0.05, 0) is 12.1 Å². The number of ether oxygens (including phenoxy) is 1. The minimum absolute atomic E-state index is 0.0397. The monoisotopic (exact) mass is 304 g/mol. The van der Waals surface area contributed by atoms with E-state index in [1.807, 2.05) is 0 Å². The van der Waals surface area contributed by atoms with Crippen LogP contribution in [0, 0.1) is 11.2 Å². The van der Waals surface area contributed by atoms with Crippen molar-refractivity contribution in [3.63, 3.8) is 0 Å². The van der Waals surface area contributed by atoms with Crippen LogP contribution in [0.4, 0.5) is 10.1 Å². The molecule has 1 saturated carbocycles. The lowest BCUT2D eigenvalue weighted by Gasteiger charge is -2.40. The summed E-state index contributed by atoms with van der Waals surface area (Å²) in [6.07, 6.45) is 1.83. The molecular weight excluding hydrogens is 291 g/mol. The Balaban J connectivity index is 1.60. The zero-order valence-corrected chi connectivity index (χ0v) is 11.5. The number of carbonyl (C=O) groups excluding carboxylic acids is 1. The number of aromatic amines is 1. The molecule has 0 atom stereocenters. The first-order chi connectivity index (χ1) is 10.5. The molecule has 2 saturated heterocycles. The van der Waals surface area contributed by atoms with Crippen LogP contribution in [0.1, 0.15) is 12.8 Å². The Labute approximate surface area is 124 Å². The Kier molecular flexibility index (Phi) is 2.45. The molecule has 1 aromatic carbocycles. The van der Waals surface area contributed by atoms with Crippen molar-refractivity contribution in [1.82, 2.24) is 4.98 Å². The normalized spacial score (nSPS) is 29.3. The van der Waals surface area contributed by atoms with Crippen molar-refractivity contribution >= 4 is 28.5 Å². The van der Waals surface area contributed by atoms with E-state index < -0.39 is 28.7 Å². The van der Waals surface area contributed by atoms with E-state index in [9.17, 15) is 19.1 Å². The van der Waals surface area contributed by atoms with Crippen molar-refractivity contribution in [3.05, 3.63) is 30.2 Å². The number of fused-ring (bicyclic) bond motifs is 2. The molecule has 7 heteroatoms. The molecule has 114 valence electrons. The zero-order valence-electron chi connectivity index (χ0n) is 11.5. The Bertz CT molecular complexity index is 807. The molecule has 22 heavy (non-hydrogen) atoms. The van der Waals surface area contributed by atoms with Gasteiger partial charge < -0.3 is 20.1 Å². The topological polar surface area (TPSA) is 91.4 Å². The Morgan fingerprint density at radius 1 is 1.36 bits per heavy atom. The van der Waals surface area contributed by atoms with Crippen LogP contribution in [0.2, 0.25) is 0 Å². The Morgan fingerprint density at radius 2 is 2.14 bits per heavy atom. The van der Waals surface area contributed by atoms with Crippen LogP contribution in [0.5, 0.6) is 0 Å². The van der Waals surface area contributed by atoms with Gasteiger partial charge in [0.2, 0.25) is 0 Å². The van der Waals surface area contributed by atoms with Gasteiger partial charge in [-0.3, -0.25) is 9.59 Å². The summed E-state index contributed by atoms with van der Waals surface area (Å²) in [7, 11) is 0. The summed E-state index contributed by atoms with van der Waals surface area (Å²) >= 11 is 0. The number of hydrogen-bond donors (Lipinski definition) is 3. The van der Waals surface area contributed by atoms with E-state index in [1.54, 1.807) is 12.1 Å². The lowest BCUT2D eigenvalue weighted by molar-refractivity contribution is -0.156. The highest BCUT2D eigenvalue weighted by molar-refractivity contribution is 6.06. The number of H-pyrrole nitrogens is 1. The molecule has 2 aromatic rings. The summed E-state index contributed by atoms with van der Waals surface area (Å²) in [4.78, 5) is 26.5. The van der Waals surface area contributed by atoms with Gasteiger partial charge in [0.15, 0.2) is 0 Å². The summed E-state index contributed by atoms with van der Waals surface area (Å²) < 4.78 is 19.3. The van der Waals surface area contributed by atoms with E-state index in [4.69, 9.17) is 4.74 Å². The van der Waals surface area contributed by atoms with E-state index in [2.05, 4.69) is 10.3 Å². The molecule has 3 heterocycles. The fourth-order valence-electron chi connectivity index (χ4n) is 3.44. The number of aliphatic carboxylic acids is 1. The molecule has 5 rings (SSSR count). The minimum atomic E-state index is -1.10. The third-order valence-electron chi connectivity index (χ3n) is 4.64. The van der Waals surface area contributed by atoms with Crippen LogP contribution in [-0.4, -0.2) is 34.2 Å². The first-order valence-electron chi connectivity index (χ1n) is 6.90. The van der Waals surface area contributed by atoms with E-state index >= 15 is 0 Å². The average molecular weight is 304 g/mol. The van der Waals surface area contributed by atoms with Crippen LogP contribution in [0.25, 0.3) is 10.9 Å². The fraction of sp³-hybridized carbons (Fsp3) is 0.333. The number of carbonyl (C=O) groups is 2. The third kappa shape index (κ3) is 1.57. The van der Waals surface area contributed by atoms with Gasteiger partial charge in [-0.15, -0.1) is 0 Å². The van der Waals surface area contributed by atoms with Crippen molar-refractivity contribution in [2.75, 3.05) is 11.9 Å². The van der Waals surface area contributed by atoms with Crippen molar-refractivity contribution < 1.29 is 23.8 Å². The largest absolute Gasteiger partial charge is 0.481 e. The fourth-order valence-corrected chi connectivity index (χ4v) is 3.44. The van der Waals surface area contributed by atoms with Gasteiger partial charge in [0.05, 0.1) is 28.6 Å². The van der Waals surface area contributed by atoms with Gasteiger partial charge in [-0.1, -0.05) is 6.07 Å². The molecule has 1 aliphatic carbocycles. The van der Waals surface area contributed by atoms with E-state index in [0.29, 0.717) is 16.6 Å². The molecule has 3 N–H and O–H groups in total. The molecule has 6 nitrogen and oxygen atoms in total. The van der Waals surface area contributed by atoms with Crippen LogP contribution >= 0.6 is 0 Å². The van der Waals surface area contributed by atoms with Gasteiger partial charge in [0.1, 0.15) is 11.4 Å². The van der Waals surface area contributed by atoms with Crippen molar-refractivity contribution in [2.45, 2.75) is 18.4 Å². The van der Waals surface area contributed by atoms with Gasteiger partial charge in [-0.2, -0.15) is 0 Å². The highest BCUT2D eigenvalue weighted by atomic mass is 19.1. The number of benzene rings is 1. The van der Waals surface area contributed by atoms with Gasteiger partial charge in [0.25, 0.3) is 5.91 Å². The Morgan fingerprint density at radius 3 is 2.82 bits per heavy atom. The number of rotatable bonds is 3. The maximum absolute atomic E-state index is 13.9. The molecule has 3 aliphatic rings. The molecule has 3 fully saturated rings. The lowest BCUT2D eigenvalue weighted by atomic mass is 9.62. The molecule has 1 amide bonds. The van der Waals surface area contributed by atoms with E-state index in [1.165, 1.54) is 12.3 Å². The predicted octanol–water partition coefficient (Wildman–Crippen LogP) is 1.88. The summed E-state index contributed by atoms with van der Waals surface area (Å²) in [6, 6.07) is 4.60. The second kappa shape index (κ2) is 4.07. The molecule has 0 unspecified atom stereocenters. The first-order valence-corrected chi connectivity index (χ1v) is 6.90. The number of carboxylic acids is 1. The summed E-state index contributed by atoms with van der Waals surface area (Å²) in [5, 5.41) is 12.1. The van der Waals surface area contributed by atoms with Crippen LogP contribution in [0.15, 0.2) is 24.4 Å². The number of amides is 1. The number of nitrogens with one attached hydrogen (secondary N) is 2. The Hall–Kier alpha value is -2.41. The zero-order chi connectivity index (χ0) is 15.5. The highest BCUT2D eigenvalue weighted by Crippen LogP contribution is 2.58. The highest BCUT2D eigenvalue weighted by Gasteiger charge is 2.70. The summed E-state index contributed by atoms with van der Waals surface area (Å²) in [5.41, 5.74) is -1.14. The maximum Gasteiger partial charge on any atom is 0.312 e. The van der Waals surface area contributed by atoms with Gasteiger partial charge in [0, 0.05) is 19.0 Å². The van der Waals surface area contributed by atoms with Crippen LogP contribution < -0.4 is 5.32 Å². The molecule has 1 aromatic heterocycles. The molecule has 0 radical (unpaired) electrons. The standard InChI is InChI=1S/C15H13FN2O4/c16-8-2-1-3-9-11(8)10(4-17-9)18-12(19)15-5-14(6-15,7-22-15)13(20)21/h1-4,17H,5-7H2,(H,18,19)(H,20,21). The van der Waals surface area contributed by atoms with Crippen molar-refractivity contribution in [3.8, 4) is 0 Å². The second-order valence-electron chi connectivity index (χ2n) is 6.04. The molecule has 2 aliphatic heterocycles. The smallest absolute Gasteiger partial charge is 0.312 e. The van der Waals surface area contributed by atoms with Crippen molar-refractivity contribution in [2.24, 2.45) is 5.41 Å². The van der Waals surface area contributed by atoms with E-state index in [-0.39, 0.29) is 19.4 Å². The average Bonchev–Trinajstić information content (AvgIpc) is 3.10. The van der Waals surface area contributed by atoms with Gasteiger partial charge >= 0.3 is 5.97 Å². The molecule has 0 spiro atoms. The number of anilines is 1.